The number of hydrogen-bond acceptors (Lipinski definition) is 4. The third kappa shape index (κ3) is 3.05. The number of nitrogens with zero attached hydrogens (tertiary/aromatic N) is 1. The number of ether oxygens (including phenoxy) is 1. The molecule has 0 amide bonds. The quantitative estimate of drug-likeness (QED) is 0.841. The molecule has 102 valence electrons. The van der Waals surface area contributed by atoms with E-state index in [1.54, 1.807) is 18.2 Å². The molecular weight excluding hydrogens is 246 g/mol. The fourth-order valence-corrected chi connectivity index (χ4v) is 2.19. The van der Waals surface area contributed by atoms with Gasteiger partial charge < -0.3 is 14.7 Å². The van der Waals surface area contributed by atoms with Crippen molar-refractivity contribution in [1.82, 2.24) is 0 Å². The number of carbonyl (C=O) groups is 2. The van der Waals surface area contributed by atoms with Gasteiger partial charge in [-0.05, 0) is 32.0 Å². The van der Waals surface area contributed by atoms with Crippen LogP contribution in [0.4, 0.5) is 5.69 Å². The maximum absolute atomic E-state index is 11.4. The molecule has 0 radical (unpaired) electrons. The molecule has 5 heteroatoms. The van der Waals surface area contributed by atoms with E-state index in [0.717, 1.165) is 5.69 Å². The van der Waals surface area contributed by atoms with Crippen LogP contribution in [0.3, 0.4) is 0 Å². The van der Waals surface area contributed by atoms with Gasteiger partial charge in [0, 0.05) is 12.1 Å². The first-order valence-electron chi connectivity index (χ1n) is 6.25. The van der Waals surface area contributed by atoms with E-state index in [2.05, 4.69) is 0 Å². The van der Waals surface area contributed by atoms with Crippen molar-refractivity contribution < 1.29 is 19.4 Å². The molecular formula is C14H17NO4. The largest absolute Gasteiger partial charge is 0.487 e. The summed E-state index contributed by atoms with van der Waals surface area (Å²) in [6.45, 7) is 4.49. The maximum Gasteiger partial charge on any atom is 0.305 e. The van der Waals surface area contributed by atoms with Gasteiger partial charge in [-0.15, -0.1) is 0 Å². The van der Waals surface area contributed by atoms with Gasteiger partial charge in [0.1, 0.15) is 11.9 Å². The zero-order chi connectivity index (χ0) is 14.0. The highest BCUT2D eigenvalue weighted by Crippen LogP contribution is 2.34. The summed E-state index contributed by atoms with van der Waals surface area (Å²) in [6, 6.07) is 5.27. The third-order valence-electron chi connectivity index (χ3n) is 3.11. The number of Topliss-reactive ketones (excluding diaryl/α,β-unsaturated/α-hetero) is 1. The van der Waals surface area contributed by atoms with Gasteiger partial charge in [0.15, 0.2) is 5.78 Å². The van der Waals surface area contributed by atoms with E-state index in [1.807, 2.05) is 11.8 Å². The minimum absolute atomic E-state index is 0.00414. The van der Waals surface area contributed by atoms with Gasteiger partial charge in [-0.1, -0.05) is 0 Å². The van der Waals surface area contributed by atoms with E-state index in [9.17, 15) is 9.59 Å². The van der Waals surface area contributed by atoms with Crippen LogP contribution >= 0.6 is 0 Å². The lowest BCUT2D eigenvalue weighted by molar-refractivity contribution is -0.136. The smallest absolute Gasteiger partial charge is 0.305 e. The van der Waals surface area contributed by atoms with Gasteiger partial charge in [-0.25, -0.2) is 0 Å². The summed E-state index contributed by atoms with van der Waals surface area (Å²) < 4.78 is 5.70. The summed E-state index contributed by atoms with van der Waals surface area (Å²) in [5.74, 6) is -0.142. The molecule has 0 saturated carbocycles. The standard InChI is InChI=1S/C14H17NO4/c1-9-8-15(6-5-14(17)18)12-7-11(10(2)16)3-4-13(12)19-9/h3-4,7,9H,5-6,8H2,1-2H3,(H,17,18). The number of fused-ring (bicyclic) bond motifs is 1. The molecule has 0 saturated heterocycles. The molecule has 0 spiro atoms. The lowest BCUT2D eigenvalue weighted by Crippen LogP contribution is -2.39. The minimum Gasteiger partial charge on any atom is -0.487 e. The Morgan fingerprint density at radius 3 is 2.84 bits per heavy atom. The van der Waals surface area contributed by atoms with Crippen LogP contribution in [0, 0.1) is 0 Å². The molecule has 1 aromatic carbocycles. The van der Waals surface area contributed by atoms with Crippen LogP contribution in [0.25, 0.3) is 0 Å². The molecule has 0 aliphatic carbocycles. The first-order chi connectivity index (χ1) is 8.97. The van der Waals surface area contributed by atoms with E-state index in [-0.39, 0.29) is 18.3 Å². The van der Waals surface area contributed by atoms with Crippen molar-refractivity contribution in [1.29, 1.82) is 0 Å². The molecule has 1 unspecified atom stereocenters. The van der Waals surface area contributed by atoms with Crippen molar-refractivity contribution >= 4 is 17.4 Å². The van der Waals surface area contributed by atoms with Crippen LogP contribution in [0.15, 0.2) is 18.2 Å². The number of rotatable bonds is 4. The average molecular weight is 263 g/mol. The summed E-state index contributed by atoms with van der Waals surface area (Å²) in [6.07, 6.45) is 0.0701. The SMILES string of the molecule is CC(=O)c1ccc2c(c1)N(CCC(=O)O)CC(C)O2. The van der Waals surface area contributed by atoms with Gasteiger partial charge in [0.2, 0.25) is 0 Å². The number of carbonyl (C=O) groups excluding carboxylic acids is 1. The van der Waals surface area contributed by atoms with Crippen LogP contribution in [0.1, 0.15) is 30.6 Å². The molecule has 1 aromatic rings. The highest BCUT2D eigenvalue weighted by molar-refractivity contribution is 5.95. The lowest BCUT2D eigenvalue weighted by Gasteiger charge is -2.35. The summed E-state index contributed by atoms with van der Waals surface area (Å²) in [4.78, 5) is 24.1. The molecule has 0 fully saturated rings. The van der Waals surface area contributed by atoms with Gasteiger partial charge >= 0.3 is 5.97 Å². The van der Waals surface area contributed by atoms with Gasteiger partial charge in [-0.2, -0.15) is 0 Å². The monoisotopic (exact) mass is 263 g/mol. The molecule has 2 rings (SSSR count). The van der Waals surface area contributed by atoms with Crippen LogP contribution in [-0.4, -0.2) is 36.1 Å². The van der Waals surface area contributed by atoms with Crippen molar-refractivity contribution in [2.75, 3.05) is 18.0 Å². The first-order valence-corrected chi connectivity index (χ1v) is 6.25. The molecule has 19 heavy (non-hydrogen) atoms. The van der Waals surface area contributed by atoms with Crippen molar-refractivity contribution in [3.05, 3.63) is 23.8 Å². The summed E-state index contributed by atoms with van der Waals surface area (Å²) in [5.41, 5.74) is 1.41. The highest BCUT2D eigenvalue weighted by Gasteiger charge is 2.24. The molecule has 1 heterocycles. The van der Waals surface area contributed by atoms with Crippen LogP contribution in [0.5, 0.6) is 5.75 Å². The predicted molar refractivity (Wildman–Crippen MR) is 71.0 cm³/mol. The van der Waals surface area contributed by atoms with Crippen LogP contribution < -0.4 is 9.64 Å². The topological polar surface area (TPSA) is 66.8 Å². The lowest BCUT2D eigenvalue weighted by atomic mass is 10.1. The average Bonchev–Trinajstić information content (AvgIpc) is 2.35. The van der Waals surface area contributed by atoms with E-state index in [0.29, 0.717) is 24.4 Å². The number of anilines is 1. The second-order valence-corrected chi connectivity index (χ2v) is 4.76. The summed E-state index contributed by atoms with van der Waals surface area (Å²) >= 11 is 0. The Balaban J connectivity index is 2.30. The van der Waals surface area contributed by atoms with Crippen LogP contribution in [-0.2, 0) is 4.79 Å². The Hall–Kier alpha value is -2.04. The molecule has 1 atom stereocenters. The molecule has 1 N–H and O–H groups in total. The first kappa shape index (κ1) is 13.4. The fraction of sp³-hybridized carbons (Fsp3) is 0.429. The molecule has 1 aliphatic heterocycles. The Bertz CT molecular complexity index is 512. The number of benzene rings is 1. The zero-order valence-electron chi connectivity index (χ0n) is 11.0. The maximum atomic E-state index is 11.4. The Labute approximate surface area is 111 Å². The Morgan fingerprint density at radius 2 is 2.21 bits per heavy atom. The molecule has 0 aromatic heterocycles. The number of carboxylic acids is 1. The summed E-state index contributed by atoms with van der Waals surface area (Å²) in [5, 5.41) is 8.79. The predicted octanol–water partition coefficient (Wildman–Crippen LogP) is 1.95. The Kier molecular flexibility index (Phi) is 3.74. The van der Waals surface area contributed by atoms with E-state index in [4.69, 9.17) is 9.84 Å². The fourth-order valence-electron chi connectivity index (χ4n) is 2.19. The Morgan fingerprint density at radius 1 is 1.47 bits per heavy atom. The third-order valence-corrected chi connectivity index (χ3v) is 3.11. The van der Waals surface area contributed by atoms with Gasteiger partial charge in [0.05, 0.1) is 18.7 Å². The second kappa shape index (κ2) is 5.30. The molecule has 5 nitrogen and oxygen atoms in total. The van der Waals surface area contributed by atoms with E-state index < -0.39 is 5.97 Å². The van der Waals surface area contributed by atoms with Gasteiger partial charge in [-0.3, -0.25) is 9.59 Å². The normalized spacial score (nSPS) is 17.6. The van der Waals surface area contributed by atoms with Crippen LogP contribution in [0.2, 0.25) is 0 Å². The number of hydrogen-bond donors (Lipinski definition) is 1. The van der Waals surface area contributed by atoms with E-state index >= 15 is 0 Å². The van der Waals surface area contributed by atoms with Crippen molar-refractivity contribution in [3.63, 3.8) is 0 Å². The highest BCUT2D eigenvalue weighted by atomic mass is 16.5. The van der Waals surface area contributed by atoms with Crippen molar-refractivity contribution in [2.24, 2.45) is 0 Å². The van der Waals surface area contributed by atoms with E-state index in [1.165, 1.54) is 6.92 Å². The number of ketones is 1. The number of aliphatic carboxylic acids is 1. The van der Waals surface area contributed by atoms with Crippen molar-refractivity contribution in [3.8, 4) is 5.75 Å². The molecule has 0 bridgehead atoms. The molecule has 1 aliphatic rings. The minimum atomic E-state index is -0.830. The second-order valence-electron chi connectivity index (χ2n) is 4.76. The number of carboxylic acid groups (broad SMARTS) is 1. The summed E-state index contributed by atoms with van der Waals surface area (Å²) in [7, 11) is 0. The van der Waals surface area contributed by atoms with Crippen molar-refractivity contribution in [2.45, 2.75) is 26.4 Å². The zero-order valence-corrected chi connectivity index (χ0v) is 11.0. The van der Waals surface area contributed by atoms with Gasteiger partial charge in [0.25, 0.3) is 0 Å².